The zero-order chi connectivity index (χ0) is 12.8. The number of aromatic nitrogens is 3. The van der Waals surface area contributed by atoms with Crippen LogP contribution in [0.4, 0.5) is 0 Å². The van der Waals surface area contributed by atoms with Crippen LogP contribution < -0.4 is 5.56 Å². The highest BCUT2D eigenvalue weighted by Crippen LogP contribution is 2.15. The second-order valence-electron chi connectivity index (χ2n) is 3.75. The summed E-state index contributed by atoms with van der Waals surface area (Å²) in [5.74, 6) is 0.869. The van der Waals surface area contributed by atoms with Gasteiger partial charge in [-0.15, -0.1) is 0 Å². The van der Waals surface area contributed by atoms with Gasteiger partial charge in [0.25, 0.3) is 5.56 Å². The van der Waals surface area contributed by atoms with Crippen molar-refractivity contribution in [3.63, 3.8) is 0 Å². The molecule has 0 aromatic carbocycles. The van der Waals surface area contributed by atoms with Crippen LogP contribution in [0.5, 0.6) is 0 Å². The first-order chi connectivity index (χ1) is 8.79. The Morgan fingerprint density at radius 3 is 2.94 bits per heavy atom. The van der Waals surface area contributed by atoms with Gasteiger partial charge in [0.15, 0.2) is 5.16 Å². The molecule has 0 aliphatic heterocycles. The van der Waals surface area contributed by atoms with E-state index in [9.17, 15) is 4.79 Å². The Labute approximate surface area is 110 Å². The largest absolute Gasteiger partial charge is 0.328 e. The number of hydrogen-bond donors (Lipinski definition) is 0. The first-order valence-electron chi connectivity index (χ1n) is 5.90. The monoisotopic (exact) mass is 261 g/mol. The van der Waals surface area contributed by atoms with Crippen LogP contribution in [0.3, 0.4) is 0 Å². The molecule has 2 rings (SSSR count). The molecule has 0 atom stereocenters. The van der Waals surface area contributed by atoms with Gasteiger partial charge in [-0.1, -0.05) is 17.8 Å². The van der Waals surface area contributed by atoms with E-state index in [0.717, 1.165) is 29.6 Å². The molecular weight excluding hydrogens is 246 g/mol. The number of rotatable bonds is 5. The Hall–Kier alpha value is -1.62. The number of aryl methyl sites for hydroxylation is 2. The number of hydrogen-bond acceptors (Lipinski definition) is 4. The summed E-state index contributed by atoms with van der Waals surface area (Å²) in [6.45, 7) is 2.86. The van der Waals surface area contributed by atoms with E-state index < -0.39 is 0 Å². The normalized spacial score (nSPS) is 10.5. The highest BCUT2D eigenvalue weighted by Gasteiger charge is 2.03. The summed E-state index contributed by atoms with van der Waals surface area (Å²) in [5, 5.41) is 0.779. The maximum absolute atomic E-state index is 11.2. The SMILES string of the molecule is CCn1ccc(=O)nc1SCCc1ccccn1. The van der Waals surface area contributed by atoms with Crippen molar-refractivity contribution in [1.29, 1.82) is 0 Å². The van der Waals surface area contributed by atoms with E-state index in [-0.39, 0.29) is 5.56 Å². The van der Waals surface area contributed by atoms with Gasteiger partial charge in [-0.2, -0.15) is 4.98 Å². The molecule has 0 aliphatic carbocycles. The average Bonchev–Trinajstić information content (AvgIpc) is 2.40. The van der Waals surface area contributed by atoms with Gasteiger partial charge in [0, 0.05) is 36.5 Å². The van der Waals surface area contributed by atoms with Crippen molar-refractivity contribution in [2.75, 3.05) is 5.75 Å². The minimum absolute atomic E-state index is 0.181. The third-order valence-electron chi connectivity index (χ3n) is 2.50. The molecule has 0 unspecified atom stereocenters. The van der Waals surface area contributed by atoms with Gasteiger partial charge in [-0.3, -0.25) is 9.78 Å². The molecule has 4 nitrogen and oxygen atoms in total. The van der Waals surface area contributed by atoms with Crippen LogP contribution in [0.25, 0.3) is 0 Å². The standard InChI is InChI=1S/C13H15N3OS/c1-2-16-9-6-12(17)15-13(16)18-10-7-11-5-3-4-8-14-11/h3-6,8-9H,2,7,10H2,1H3. The van der Waals surface area contributed by atoms with E-state index in [1.54, 1.807) is 24.2 Å². The highest BCUT2D eigenvalue weighted by molar-refractivity contribution is 7.99. The van der Waals surface area contributed by atoms with E-state index in [1.165, 1.54) is 6.07 Å². The van der Waals surface area contributed by atoms with Crippen LogP contribution in [0.2, 0.25) is 0 Å². The van der Waals surface area contributed by atoms with Crippen molar-refractivity contribution in [3.05, 3.63) is 52.7 Å². The van der Waals surface area contributed by atoms with Gasteiger partial charge >= 0.3 is 0 Å². The molecule has 0 amide bonds. The molecule has 18 heavy (non-hydrogen) atoms. The van der Waals surface area contributed by atoms with Gasteiger partial charge in [-0.25, -0.2) is 0 Å². The van der Waals surface area contributed by atoms with E-state index >= 15 is 0 Å². The lowest BCUT2D eigenvalue weighted by atomic mass is 10.3. The fraction of sp³-hybridized carbons (Fsp3) is 0.308. The average molecular weight is 261 g/mol. The number of thioether (sulfide) groups is 1. The third-order valence-corrected chi connectivity index (χ3v) is 3.50. The third kappa shape index (κ3) is 3.43. The van der Waals surface area contributed by atoms with Crippen LogP contribution in [-0.4, -0.2) is 20.3 Å². The second-order valence-corrected chi connectivity index (χ2v) is 4.82. The first kappa shape index (κ1) is 12.8. The molecule has 2 heterocycles. The predicted octanol–water partition coefficient (Wildman–Crippen LogP) is 1.99. The fourth-order valence-electron chi connectivity index (χ4n) is 1.56. The summed E-state index contributed by atoms with van der Waals surface area (Å²) in [7, 11) is 0. The summed E-state index contributed by atoms with van der Waals surface area (Å²) in [6, 6.07) is 7.39. The first-order valence-corrected chi connectivity index (χ1v) is 6.88. The summed E-state index contributed by atoms with van der Waals surface area (Å²) in [5.41, 5.74) is 0.881. The van der Waals surface area contributed by atoms with Crippen molar-refractivity contribution >= 4 is 11.8 Å². The number of pyridine rings is 1. The van der Waals surface area contributed by atoms with Crippen LogP contribution in [-0.2, 0) is 13.0 Å². The van der Waals surface area contributed by atoms with Crippen molar-refractivity contribution < 1.29 is 0 Å². The Morgan fingerprint density at radius 1 is 1.33 bits per heavy atom. The van der Waals surface area contributed by atoms with Gasteiger partial charge in [0.05, 0.1) is 0 Å². The molecule has 0 saturated heterocycles. The highest BCUT2D eigenvalue weighted by atomic mass is 32.2. The molecule has 0 bridgehead atoms. The summed E-state index contributed by atoms with van der Waals surface area (Å²) < 4.78 is 1.98. The van der Waals surface area contributed by atoms with Crippen molar-refractivity contribution in [2.45, 2.75) is 25.0 Å². The summed E-state index contributed by atoms with van der Waals surface area (Å²) in [6.07, 6.45) is 4.46. The van der Waals surface area contributed by atoms with Crippen LogP contribution in [0.1, 0.15) is 12.6 Å². The van der Waals surface area contributed by atoms with Crippen LogP contribution in [0, 0.1) is 0 Å². The summed E-state index contributed by atoms with van der Waals surface area (Å²) in [4.78, 5) is 19.5. The van der Waals surface area contributed by atoms with E-state index in [0.29, 0.717) is 0 Å². The molecular formula is C13H15N3OS. The lowest BCUT2D eigenvalue weighted by molar-refractivity contribution is 0.640. The minimum Gasteiger partial charge on any atom is -0.328 e. The van der Waals surface area contributed by atoms with Gasteiger partial charge < -0.3 is 4.57 Å². The topological polar surface area (TPSA) is 47.8 Å². The smallest absolute Gasteiger partial charge is 0.273 e. The minimum atomic E-state index is -0.181. The Balaban J connectivity index is 1.98. The van der Waals surface area contributed by atoms with Crippen molar-refractivity contribution in [2.24, 2.45) is 0 Å². The molecule has 2 aromatic heterocycles. The Kier molecular flexibility index (Phi) is 4.52. The van der Waals surface area contributed by atoms with Gasteiger partial charge in [0.2, 0.25) is 0 Å². The predicted molar refractivity (Wildman–Crippen MR) is 72.8 cm³/mol. The van der Waals surface area contributed by atoms with Crippen LogP contribution in [0.15, 0.2) is 46.6 Å². The molecule has 0 aliphatic rings. The molecule has 2 aromatic rings. The van der Waals surface area contributed by atoms with Gasteiger partial charge in [-0.05, 0) is 25.5 Å². The molecule has 0 fully saturated rings. The van der Waals surface area contributed by atoms with Crippen molar-refractivity contribution in [1.82, 2.24) is 14.5 Å². The quantitative estimate of drug-likeness (QED) is 0.610. The maximum atomic E-state index is 11.2. The zero-order valence-electron chi connectivity index (χ0n) is 10.2. The van der Waals surface area contributed by atoms with E-state index in [4.69, 9.17) is 0 Å². The lowest BCUT2D eigenvalue weighted by Crippen LogP contribution is -2.12. The maximum Gasteiger partial charge on any atom is 0.273 e. The van der Waals surface area contributed by atoms with Crippen molar-refractivity contribution in [3.8, 4) is 0 Å². The Bertz CT molecular complexity index is 554. The molecule has 0 radical (unpaired) electrons. The molecule has 94 valence electrons. The van der Waals surface area contributed by atoms with Crippen LogP contribution >= 0.6 is 11.8 Å². The summed E-state index contributed by atoms with van der Waals surface area (Å²) >= 11 is 1.59. The number of nitrogens with zero attached hydrogens (tertiary/aromatic N) is 3. The molecule has 0 N–H and O–H groups in total. The lowest BCUT2D eigenvalue weighted by Gasteiger charge is -2.08. The molecule has 0 spiro atoms. The zero-order valence-corrected chi connectivity index (χ0v) is 11.1. The molecule has 0 saturated carbocycles. The Morgan fingerprint density at radius 2 is 2.22 bits per heavy atom. The fourth-order valence-corrected chi connectivity index (χ4v) is 2.57. The van der Waals surface area contributed by atoms with Gasteiger partial charge in [0.1, 0.15) is 0 Å². The molecule has 5 heteroatoms. The van der Waals surface area contributed by atoms with E-state index in [2.05, 4.69) is 9.97 Å². The second kappa shape index (κ2) is 6.35. The van der Waals surface area contributed by atoms with E-state index in [1.807, 2.05) is 29.7 Å².